The molecule has 0 aliphatic heterocycles. The first-order valence-corrected chi connectivity index (χ1v) is 6.95. The lowest BCUT2D eigenvalue weighted by atomic mass is 10.1. The molecule has 2 aromatic heterocycles. The fraction of sp³-hybridized carbons (Fsp3) is 0.357. The van der Waals surface area contributed by atoms with Crippen LogP contribution in [0.2, 0.25) is 5.02 Å². The fourth-order valence-corrected chi connectivity index (χ4v) is 2.52. The predicted octanol–water partition coefficient (Wildman–Crippen LogP) is 3.89. The number of hydrogen-bond donors (Lipinski definition) is 1. The zero-order valence-corrected chi connectivity index (χ0v) is 11.5. The molecule has 5 heteroatoms. The third-order valence-electron chi connectivity index (χ3n) is 3.28. The maximum atomic E-state index is 6.31. The number of fused-ring (bicyclic) bond motifs is 2. The van der Waals surface area contributed by atoms with Gasteiger partial charge in [-0.2, -0.15) is 0 Å². The molecule has 98 valence electrons. The van der Waals surface area contributed by atoms with Crippen molar-refractivity contribution >= 4 is 33.9 Å². The van der Waals surface area contributed by atoms with Gasteiger partial charge in [0.05, 0.1) is 17.4 Å². The number of hydrogen-bond acceptors (Lipinski definition) is 3. The molecule has 0 spiro atoms. The Hall–Kier alpha value is -1.68. The maximum absolute atomic E-state index is 6.31. The highest BCUT2D eigenvalue weighted by atomic mass is 35.5. The predicted molar refractivity (Wildman–Crippen MR) is 77.4 cm³/mol. The molecule has 19 heavy (non-hydrogen) atoms. The Kier molecular flexibility index (Phi) is 3.34. The molecule has 0 amide bonds. The summed E-state index contributed by atoms with van der Waals surface area (Å²) < 4.78 is 0. The fourth-order valence-electron chi connectivity index (χ4n) is 2.27. The first-order valence-electron chi connectivity index (χ1n) is 6.58. The van der Waals surface area contributed by atoms with Crippen LogP contribution in [0.25, 0.3) is 22.3 Å². The Morgan fingerprint density at radius 3 is 2.95 bits per heavy atom. The molecule has 2 heterocycles. The molecule has 1 aromatic carbocycles. The second-order valence-corrected chi connectivity index (χ2v) is 5.06. The van der Waals surface area contributed by atoms with Crippen LogP contribution in [0.3, 0.4) is 0 Å². The van der Waals surface area contributed by atoms with Crippen molar-refractivity contribution in [3.8, 4) is 0 Å². The summed E-state index contributed by atoms with van der Waals surface area (Å²) >= 11 is 6.31. The number of aryl methyl sites for hydroxylation is 1. The topological polar surface area (TPSA) is 54.5 Å². The molecule has 3 rings (SSSR count). The normalized spacial score (nSPS) is 11.5. The molecular weight excluding hydrogens is 260 g/mol. The molecule has 0 unspecified atom stereocenters. The first kappa shape index (κ1) is 12.4. The number of nitrogens with zero attached hydrogens (tertiary/aromatic N) is 3. The Labute approximate surface area is 116 Å². The van der Waals surface area contributed by atoms with Crippen molar-refractivity contribution in [3.05, 3.63) is 29.0 Å². The van der Waals surface area contributed by atoms with E-state index in [2.05, 4.69) is 26.9 Å². The van der Waals surface area contributed by atoms with Crippen LogP contribution < -0.4 is 0 Å². The summed E-state index contributed by atoms with van der Waals surface area (Å²) in [6.45, 7) is 2.19. The molecule has 4 nitrogen and oxygen atoms in total. The van der Waals surface area contributed by atoms with Crippen LogP contribution in [0.15, 0.2) is 18.5 Å². The van der Waals surface area contributed by atoms with Gasteiger partial charge in [0.25, 0.3) is 0 Å². The SMILES string of the molecule is CCCCCc1c(Cl)ccc2nc3[nH]cnc3nc12. The minimum Gasteiger partial charge on any atom is -0.328 e. The monoisotopic (exact) mass is 274 g/mol. The van der Waals surface area contributed by atoms with Gasteiger partial charge < -0.3 is 4.98 Å². The minimum absolute atomic E-state index is 0.645. The number of aromatic amines is 1. The molecule has 0 saturated heterocycles. The van der Waals surface area contributed by atoms with Gasteiger partial charge >= 0.3 is 0 Å². The molecule has 0 saturated carbocycles. The second kappa shape index (κ2) is 5.13. The summed E-state index contributed by atoms with van der Waals surface area (Å²) in [6, 6.07) is 3.82. The highest BCUT2D eigenvalue weighted by Crippen LogP contribution is 2.26. The van der Waals surface area contributed by atoms with E-state index in [0.29, 0.717) is 11.3 Å². The minimum atomic E-state index is 0.645. The Morgan fingerprint density at radius 2 is 2.11 bits per heavy atom. The van der Waals surface area contributed by atoms with E-state index in [1.165, 1.54) is 12.8 Å². The quantitative estimate of drug-likeness (QED) is 0.734. The van der Waals surface area contributed by atoms with E-state index < -0.39 is 0 Å². The van der Waals surface area contributed by atoms with Crippen molar-refractivity contribution in [3.63, 3.8) is 0 Å². The number of benzene rings is 1. The van der Waals surface area contributed by atoms with Gasteiger partial charge in [-0.1, -0.05) is 31.4 Å². The summed E-state index contributed by atoms with van der Waals surface area (Å²) in [5.74, 6) is 0. The molecule has 1 N–H and O–H groups in total. The van der Waals surface area contributed by atoms with Gasteiger partial charge in [0, 0.05) is 5.02 Å². The number of unbranched alkanes of at least 4 members (excludes halogenated alkanes) is 2. The van der Waals surface area contributed by atoms with Crippen LogP contribution in [0.5, 0.6) is 0 Å². The lowest BCUT2D eigenvalue weighted by Crippen LogP contribution is -1.95. The average molecular weight is 275 g/mol. The highest BCUT2D eigenvalue weighted by molar-refractivity contribution is 6.32. The number of aromatic nitrogens is 4. The van der Waals surface area contributed by atoms with Gasteiger partial charge in [-0.3, -0.25) is 0 Å². The second-order valence-electron chi connectivity index (χ2n) is 4.65. The Morgan fingerprint density at radius 1 is 1.21 bits per heavy atom. The zero-order chi connectivity index (χ0) is 13.2. The van der Waals surface area contributed by atoms with Crippen LogP contribution >= 0.6 is 11.6 Å². The molecule has 0 aliphatic rings. The summed E-state index contributed by atoms with van der Waals surface area (Å²) in [5, 5.41) is 0.771. The maximum Gasteiger partial charge on any atom is 0.197 e. The molecule has 0 fully saturated rings. The van der Waals surface area contributed by atoms with Gasteiger partial charge in [-0.05, 0) is 30.5 Å². The van der Waals surface area contributed by atoms with Gasteiger partial charge in [0.1, 0.15) is 0 Å². The number of H-pyrrole nitrogens is 1. The number of nitrogens with one attached hydrogen (secondary N) is 1. The van der Waals surface area contributed by atoms with Crippen molar-refractivity contribution in [1.29, 1.82) is 0 Å². The van der Waals surface area contributed by atoms with E-state index >= 15 is 0 Å². The van der Waals surface area contributed by atoms with Crippen LogP contribution in [-0.4, -0.2) is 19.9 Å². The van der Waals surface area contributed by atoms with Crippen LogP contribution in [0.4, 0.5) is 0 Å². The third kappa shape index (κ3) is 2.28. The van der Waals surface area contributed by atoms with E-state index in [-0.39, 0.29) is 0 Å². The molecule has 0 atom stereocenters. The van der Waals surface area contributed by atoms with E-state index in [9.17, 15) is 0 Å². The van der Waals surface area contributed by atoms with Crippen molar-refractivity contribution in [2.75, 3.05) is 0 Å². The standard InChI is InChI=1S/C14H15ClN4/c1-2-3-4-5-9-10(15)6-7-11-12(9)19-14-13(18-11)16-8-17-14/h6-8H,2-5H2,1H3,(H,16,17,18,19). The van der Waals surface area contributed by atoms with Crippen molar-refractivity contribution in [2.45, 2.75) is 32.6 Å². The smallest absolute Gasteiger partial charge is 0.197 e. The average Bonchev–Trinajstić information content (AvgIpc) is 2.86. The summed E-state index contributed by atoms with van der Waals surface area (Å²) in [4.78, 5) is 16.3. The summed E-state index contributed by atoms with van der Waals surface area (Å²) in [5.41, 5.74) is 4.20. The molecule has 0 aliphatic carbocycles. The Bertz CT molecular complexity index is 720. The highest BCUT2D eigenvalue weighted by Gasteiger charge is 2.11. The Balaban J connectivity index is 2.13. The van der Waals surface area contributed by atoms with Crippen molar-refractivity contribution in [1.82, 2.24) is 19.9 Å². The lowest BCUT2D eigenvalue weighted by molar-refractivity contribution is 0.719. The summed E-state index contributed by atoms with van der Waals surface area (Å²) in [7, 11) is 0. The van der Waals surface area contributed by atoms with Gasteiger partial charge in [0.2, 0.25) is 0 Å². The summed E-state index contributed by atoms with van der Waals surface area (Å²) in [6.07, 6.45) is 6.06. The van der Waals surface area contributed by atoms with Gasteiger partial charge in [0.15, 0.2) is 11.3 Å². The number of halogens is 1. The molecule has 0 radical (unpaired) electrons. The molecular formula is C14H15ClN4. The lowest BCUT2D eigenvalue weighted by Gasteiger charge is -2.07. The van der Waals surface area contributed by atoms with E-state index in [4.69, 9.17) is 11.6 Å². The van der Waals surface area contributed by atoms with Gasteiger partial charge in [-0.25, -0.2) is 15.0 Å². The van der Waals surface area contributed by atoms with E-state index in [1.807, 2.05) is 12.1 Å². The molecule has 0 bridgehead atoms. The van der Waals surface area contributed by atoms with Crippen molar-refractivity contribution < 1.29 is 0 Å². The van der Waals surface area contributed by atoms with Crippen LogP contribution in [0, 0.1) is 0 Å². The van der Waals surface area contributed by atoms with Crippen LogP contribution in [-0.2, 0) is 6.42 Å². The number of imidazole rings is 1. The first-order chi connectivity index (χ1) is 9.29. The molecule has 3 aromatic rings. The number of rotatable bonds is 4. The van der Waals surface area contributed by atoms with E-state index in [1.54, 1.807) is 6.33 Å². The van der Waals surface area contributed by atoms with Crippen LogP contribution in [0.1, 0.15) is 31.7 Å². The van der Waals surface area contributed by atoms with Gasteiger partial charge in [-0.15, -0.1) is 0 Å². The zero-order valence-electron chi connectivity index (χ0n) is 10.8. The van der Waals surface area contributed by atoms with Crippen molar-refractivity contribution in [2.24, 2.45) is 0 Å². The largest absolute Gasteiger partial charge is 0.328 e. The van der Waals surface area contributed by atoms with E-state index in [0.717, 1.165) is 34.5 Å². The third-order valence-corrected chi connectivity index (χ3v) is 3.64.